The van der Waals surface area contributed by atoms with Gasteiger partial charge in [-0.25, -0.2) is 4.98 Å². The third-order valence-electron chi connectivity index (χ3n) is 3.90. The molecule has 0 amide bonds. The molecule has 0 radical (unpaired) electrons. The van der Waals surface area contributed by atoms with Crippen LogP contribution in [-0.2, 0) is 23.3 Å². The van der Waals surface area contributed by atoms with Crippen molar-refractivity contribution in [1.29, 1.82) is 0 Å². The van der Waals surface area contributed by atoms with E-state index in [1.165, 1.54) is 17.0 Å². The molecule has 0 bridgehead atoms. The van der Waals surface area contributed by atoms with Crippen molar-refractivity contribution in [2.24, 2.45) is 0 Å². The predicted octanol–water partition coefficient (Wildman–Crippen LogP) is 4.26. The summed E-state index contributed by atoms with van der Waals surface area (Å²) in [5, 5.41) is 4.65. The van der Waals surface area contributed by atoms with Gasteiger partial charge < -0.3 is 10.1 Å². The second-order valence-corrected chi connectivity index (χ2v) is 6.30. The third kappa shape index (κ3) is 4.03. The highest BCUT2D eigenvalue weighted by atomic mass is 32.1. The molecule has 0 saturated carbocycles. The number of rotatable bonds is 10. The van der Waals surface area contributed by atoms with Crippen LogP contribution in [0.4, 0.5) is 0 Å². The summed E-state index contributed by atoms with van der Waals surface area (Å²) < 4.78 is 5.82. The lowest BCUT2D eigenvalue weighted by atomic mass is 9.98. The Morgan fingerprint density at radius 1 is 1.15 bits per heavy atom. The van der Waals surface area contributed by atoms with Crippen LogP contribution >= 0.6 is 11.3 Å². The van der Waals surface area contributed by atoms with Gasteiger partial charge in [0.1, 0.15) is 10.6 Å². The number of methoxy groups -OCH3 is 1. The number of hydrogen-bond donors (Lipinski definition) is 1. The summed E-state index contributed by atoms with van der Waals surface area (Å²) in [6.45, 7) is 10.8. The van der Waals surface area contributed by atoms with Crippen LogP contribution in [-0.4, -0.2) is 18.6 Å². The van der Waals surface area contributed by atoms with E-state index >= 15 is 0 Å². The lowest BCUT2D eigenvalue weighted by Gasteiger charge is -2.27. The Bertz CT molecular complexity index is 378. The van der Waals surface area contributed by atoms with E-state index in [9.17, 15) is 0 Å². The largest absolute Gasteiger partial charge is 0.371 e. The topological polar surface area (TPSA) is 34.1 Å². The van der Waals surface area contributed by atoms with E-state index in [4.69, 9.17) is 9.72 Å². The fraction of sp³-hybridized carbons (Fsp3) is 0.812. The minimum absolute atomic E-state index is 0.198. The zero-order chi connectivity index (χ0) is 15.0. The van der Waals surface area contributed by atoms with Crippen LogP contribution in [0.15, 0.2) is 0 Å². The molecule has 3 nitrogen and oxygen atoms in total. The zero-order valence-corrected chi connectivity index (χ0v) is 14.5. The Balaban J connectivity index is 3.00. The minimum atomic E-state index is -0.198. The molecule has 0 aliphatic rings. The normalized spacial score (nSPS) is 12.1. The Kier molecular flexibility index (Phi) is 7.70. The van der Waals surface area contributed by atoms with Gasteiger partial charge in [-0.3, -0.25) is 0 Å². The third-order valence-corrected chi connectivity index (χ3v) is 5.18. The maximum atomic E-state index is 5.82. The van der Waals surface area contributed by atoms with Crippen molar-refractivity contribution < 1.29 is 4.74 Å². The van der Waals surface area contributed by atoms with E-state index in [1.807, 2.05) is 18.4 Å². The molecule has 0 aromatic carbocycles. The first kappa shape index (κ1) is 17.6. The van der Waals surface area contributed by atoms with Crippen molar-refractivity contribution >= 4 is 11.3 Å². The standard InChI is InChI=1S/C16H30N2OS/c1-6-10-13-14(12-17-11-7-2)20-15(18-13)16(8-3,9-4)19-5/h17H,6-12H2,1-5H3. The molecule has 0 atom stereocenters. The lowest BCUT2D eigenvalue weighted by Crippen LogP contribution is -2.26. The fourth-order valence-corrected chi connectivity index (χ4v) is 3.84. The van der Waals surface area contributed by atoms with Crippen LogP contribution in [0.2, 0.25) is 0 Å². The Morgan fingerprint density at radius 3 is 2.35 bits per heavy atom. The number of aromatic nitrogens is 1. The molecule has 4 heteroatoms. The molecule has 116 valence electrons. The summed E-state index contributed by atoms with van der Waals surface area (Å²) in [6, 6.07) is 0. The maximum Gasteiger partial charge on any atom is 0.125 e. The van der Waals surface area contributed by atoms with Crippen molar-refractivity contribution in [2.75, 3.05) is 13.7 Å². The smallest absolute Gasteiger partial charge is 0.125 e. The van der Waals surface area contributed by atoms with Gasteiger partial charge in [-0.05, 0) is 32.2 Å². The molecule has 1 aromatic heterocycles. The van der Waals surface area contributed by atoms with E-state index in [-0.39, 0.29) is 5.60 Å². The number of nitrogens with one attached hydrogen (secondary N) is 1. The van der Waals surface area contributed by atoms with Crippen molar-refractivity contribution in [3.63, 3.8) is 0 Å². The molecular formula is C16H30N2OS. The molecule has 0 saturated heterocycles. The number of thiazole rings is 1. The molecule has 0 aliphatic heterocycles. The summed E-state index contributed by atoms with van der Waals surface area (Å²) in [6.07, 6.45) is 5.32. The molecule has 1 rings (SSSR count). The van der Waals surface area contributed by atoms with Crippen LogP contribution in [0.25, 0.3) is 0 Å². The van der Waals surface area contributed by atoms with E-state index in [0.717, 1.165) is 43.8 Å². The van der Waals surface area contributed by atoms with Gasteiger partial charge in [0, 0.05) is 18.5 Å². The molecule has 0 spiro atoms. The van der Waals surface area contributed by atoms with E-state index < -0.39 is 0 Å². The molecule has 1 N–H and O–H groups in total. The average molecular weight is 298 g/mol. The van der Waals surface area contributed by atoms with Gasteiger partial charge in [-0.1, -0.05) is 34.1 Å². The molecule has 1 aromatic rings. The summed E-state index contributed by atoms with van der Waals surface area (Å²) in [7, 11) is 1.81. The van der Waals surface area contributed by atoms with Crippen molar-refractivity contribution in [3.8, 4) is 0 Å². The molecule has 0 aliphatic carbocycles. The minimum Gasteiger partial charge on any atom is -0.371 e. The molecule has 20 heavy (non-hydrogen) atoms. The first-order valence-corrected chi connectivity index (χ1v) is 8.73. The van der Waals surface area contributed by atoms with E-state index in [0.29, 0.717) is 0 Å². The number of aryl methyl sites for hydroxylation is 1. The summed E-state index contributed by atoms with van der Waals surface area (Å²) in [5.41, 5.74) is 1.07. The quantitative estimate of drug-likeness (QED) is 0.655. The first-order chi connectivity index (χ1) is 9.67. The molecular weight excluding hydrogens is 268 g/mol. The van der Waals surface area contributed by atoms with Crippen LogP contribution in [0.5, 0.6) is 0 Å². The maximum absolute atomic E-state index is 5.82. The molecule has 0 unspecified atom stereocenters. The lowest BCUT2D eigenvalue weighted by molar-refractivity contribution is -0.0219. The first-order valence-electron chi connectivity index (χ1n) is 7.92. The highest BCUT2D eigenvalue weighted by molar-refractivity contribution is 7.11. The van der Waals surface area contributed by atoms with Crippen molar-refractivity contribution in [1.82, 2.24) is 10.3 Å². The number of nitrogens with zero attached hydrogens (tertiary/aromatic N) is 1. The van der Waals surface area contributed by atoms with Gasteiger partial charge >= 0.3 is 0 Å². The van der Waals surface area contributed by atoms with Crippen LogP contribution in [0.1, 0.15) is 69.0 Å². The SMILES string of the molecule is CCCNCc1sc(C(CC)(CC)OC)nc1CCC. The molecule has 1 heterocycles. The zero-order valence-electron chi connectivity index (χ0n) is 13.7. The average Bonchev–Trinajstić information content (AvgIpc) is 2.86. The Labute approximate surface area is 128 Å². The number of hydrogen-bond acceptors (Lipinski definition) is 4. The van der Waals surface area contributed by atoms with E-state index in [2.05, 4.69) is 33.0 Å². The van der Waals surface area contributed by atoms with Crippen molar-refractivity contribution in [3.05, 3.63) is 15.6 Å². The van der Waals surface area contributed by atoms with Gasteiger partial charge in [0.25, 0.3) is 0 Å². The summed E-state index contributed by atoms with van der Waals surface area (Å²) >= 11 is 1.83. The monoisotopic (exact) mass is 298 g/mol. The summed E-state index contributed by atoms with van der Waals surface area (Å²) in [4.78, 5) is 6.30. The second-order valence-electron chi connectivity index (χ2n) is 5.22. The predicted molar refractivity (Wildman–Crippen MR) is 87.4 cm³/mol. The van der Waals surface area contributed by atoms with Crippen LogP contribution < -0.4 is 5.32 Å². The van der Waals surface area contributed by atoms with Gasteiger partial charge in [0.15, 0.2) is 0 Å². The fourth-order valence-electron chi connectivity index (χ4n) is 2.46. The van der Waals surface area contributed by atoms with Gasteiger partial charge in [0.2, 0.25) is 0 Å². The van der Waals surface area contributed by atoms with Crippen LogP contribution in [0.3, 0.4) is 0 Å². The second kappa shape index (κ2) is 8.75. The number of ether oxygens (including phenoxy) is 1. The van der Waals surface area contributed by atoms with Gasteiger partial charge in [-0.15, -0.1) is 11.3 Å². The van der Waals surface area contributed by atoms with E-state index in [1.54, 1.807) is 0 Å². The molecule has 0 fully saturated rings. The van der Waals surface area contributed by atoms with Gasteiger partial charge in [0.05, 0.1) is 5.69 Å². The van der Waals surface area contributed by atoms with Crippen molar-refractivity contribution in [2.45, 2.75) is 71.9 Å². The highest BCUT2D eigenvalue weighted by Crippen LogP contribution is 2.36. The Morgan fingerprint density at radius 2 is 1.85 bits per heavy atom. The van der Waals surface area contributed by atoms with Gasteiger partial charge in [-0.2, -0.15) is 0 Å². The highest BCUT2D eigenvalue weighted by Gasteiger charge is 2.32. The Hall–Kier alpha value is -0.450. The summed E-state index contributed by atoms with van der Waals surface area (Å²) in [5.74, 6) is 0. The van der Waals surface area contributed by atoms with Crippen LogP contribution in [0, 0.1) is 0 Å².